The number of thioether (sulfide) groups is 1. The van der Waals surface area contributed by atoms with Crippen LogP contribution in [0.15, 0.2) is 34.8 Å². The maximum absolute atomic E-state index is 4.68. The highest BCUT2D eigenvalue weighted by atomic mass is 32.2. The van der Waals surface area contributed by atoms with Crippen molar-refractivity contribution in [1.29, 1.82) is 0 Å². The Morgan fingerprint density at radius 2 is 2.05 bits per heavy atom. The lowest BCUT2D eigenvalue weighted by molar-refractivity contribution is 1.01. The highest BCUT2D eigenvalue weighted by Gasteiger charge is 2.07. The van der Waals surface area contributed by atoms with E-state index in [1.807, 2.05) is 6.20 Å². The molecule has 4 heteroatoms. The maximum atomic E-state index is 4.68. The highest BCUT2D eigenvalue weighted by molar-refractivity contribution is 8.00. The molecule has 0 unspecified atom stereocenters. The molecule has 0 fully saturated rings. The third kappa shape index (κ3) is 3.27. The molecule has 1 aromatic carbocycles. The Hall–Kier alpha value is -1.39. The molecule has 2 heterocycles. The molecule has 3 aromatic rings. The van der Waals surface area contributed by atoms with Crippen LogP contribution in [0.5, 0.6) is 0 Å². The van der Waals surface area contributed by atoms with Crippen molar-refractivity contribution >= 4 is 34.0 Å². The summed E-state index contributed by atoms with van der Waals surface area (Å²) < 4.78 is 1.16. The molecule has 2 nitrogen and oxygen atoms in total. The van der Waals surface area contributed by atoms with Gasteiger partial charge in [-0.1, -0.05) is 30.3 Å². The molecule has 0 atom stereocenters. The quantitative estimate of drug-likeness (QED) is 0.622. The molecule has 21 heavy (non-hydrogen) atoms. The van der Waals surface area contributed by atoms with Crippen LogP contribution in [0.3, 0.4) is 0 Å². The van der Waals surface area contributed by atoms with Gasteiger partial charge >= 0.3 is 0 Å². The molecule has 2 aromatic heterocycles. The van der Waals surface area contributed by atoms with Crippen molar-refractivity contribution in [2.24, 2.45) is 0 Å². The van der Waals surface area contributed by atoms with Gasteiger partial charge in [-0.15, -0.1) is 11.3 Å². The largest absolute Gasteiger partial charge is 0.256 e. The first-order chi connectivity index (χ1) is 10.2. The third-order valence-corrected chi connectivity index (χ3v) is 5.69. The van der Waals surface area contributed by atoms with Crippen LogP contribution in [0.25, 0.3) is 10.9 Å². The molecule has 0 aliphatic rings. The fourth-order valence-corrected chi connectivity index (χ4v) is 4.45. The summed E-state index contributed by atoms with van der Waals surface area (Å²) in [6.07, 6.45) is 2.99. The van der Waals surface area contributed by atoms with Crippen LogP contribution in [0.1, 0.15) is 28.6 Å². The zero-order valence-corrected chi connectivity index (χ0v) is 14.1. The van der Waals surface area contributed by atoms with Gasteiger partial charge in [-0.3, -0.25) is 4.98 Å². The van der Waals surface area contributed by atoms with E-state index < -0.39 is 0 Å². The molecule has 0 saturated carbocycles. The van der Waals surface area contributed by atoms with Crippen LogP contribution in [0.2, 0.25) is 0 Å². The predicted molar refractivity (Wildman–Crippen MR) is 92.3 cm³/mol. The van der Waals surface area contributed by atoms with E-state index in [0.717, 1.165) is 22.0 Å². The van der Waals surface area contributed by atoms with Gasteiger partial charge < -0.3 is 0 Å². The van der Waals surface area contributed by atoms with E-state index in [1.54, 1.807) is 23.1 Å². The van der Waals surface area contributed by atoms with Crippen molar-refractivity contribution in [2.75, 3.05) is 0 Å². The number of nitrogens with zero attached hydrogens (tertiary/aromatic N) is 2. The normalized spacial score (nSPS) is 11.2. The number of fused-ring (bicyclic) bond motifs is 1. The monoisotopic (exact) mass is 314 g/mol. The zero-order valence-electron chi connectivity index (χ0n) is 12.5. The van der Waals surface area contributed by atoms with Gasteiger partial charge in [0.25, 0.3) is 0 Å². The molecule has 0 aliphatic heterocycles. The summed E-state index contributed by atoms with van der Waals surface area (Å²) in [6.45, 7) is 6.43. The summed E-state index contributed by atoms with van der Waals surface area (Å²) in [5.41, 5.74) is 4.82. The van der Waals surface area contributed by atoms with Crippen LogP contribution in [-0.2, 0) is 12.2 Å². The van der Waals surface area contributed by atoms with Gasteiger partial charge in [0.15, 0.2) is 4.34 Å². The summed E-state index contributed by atoms with van der Waals surface area (Å²) in [5, 5.41) is 1.22. The highest BCUT2D eigenvalue weighted by Crippen LogP contribution is 2.30. The Labute approximate surface area is 133 Å². The van der Waals surface area contributed by atoms with E-state index >= 15 is 0 Å². The van der Waals surface area contributed by atoms with Crippen molar-refractivity contribution in [2.45, 2.75) is 37.3 Å². The van der Waals surface area contributed by atoms with Crippen molar-refractivity contribution in [1.82, 2.24) is 9.97 Å². The first kappa shape index (κ1) is 14.5. The summed E-state index contributed by atoms with van der Waals surface area (Å²) in [5.74, 6) is 0.924. The predicted octanol–water partition coefficient (Wildman–Crippen LogP) is 5.16. The van der Waals surface area contributed by atoms with Gasteiger partial charge in [0.1, 0.15) is 0 Å². The maximum Gasteiger partial charge on any atom is 0.150 e. The Kier molecular flexibility index (Phi) is 4.27. The minimum Gasteiger partial charge on any atom is -0.256 e. The van der Waals surface area contributed by atoms with E-state index in [1.165, 1.54) is 27.1 Å². The minimum absolute atomic E-state index is 0.924. The minimum atomic E-state index is 0.924. The standard InChI is InChI=1S/C17H18N2S2/c1-4-15-12(3)21-17(19-15)20-10-13-8-14-7-11(2)5-6-16(14)18-9-13/h5-9H,4,10H2,1-3H3. The van der Waals surface area contributed by atoms with Gasteiger partial charge in [0.2, 0.25) is 0 Å². The summed E-state index contributed by atoms with van der Waals surface area (Å²) >= 11 is 3.60. The molecule has 0 saturated heterocycles. The molecule has 0 amide bonds. The van der Waals surface area contributed by atoms with Crippen molar-refractivity contribution in [3.05, 3.63) is 52.2 Å². The molecule has 108 valence electrons. The second kappa shape index (κ2) is 6.16. The summed E-state index contributed by atoms with van der Waals surface area (Å²) in [4.78, 5) is 10.6. The van der Waals surface area contributed by atoms with Crippen LogP contribution < -0.4 is 0 Å². The zero-order chi connectivity index (χ0) is 14.8. The fraction of sp³-hybridized carbons (Fsp3) is 0.294. The number of thiazole rings is 1. The Morgan fingerprint density at radius 3 is 2.81 bits per heavy atom. The molecule has 3 rings (SSSR count). The average molecular weight is 314 g/mol. The van der Waals surface area contributed by atoms with Crippen LogP contribution in [0.4, 0.5) is 0 Å². The number of aromatic nitrogens is 2. The molecule has 0 aliphatic carbocycles. The van der Waals surface area contributed by atoms with Crippen LogP contribution in [-0.4, -0.2) is 9.97 Å². The Morgan fingerprint density at radius 1 is 1.19 bits per heavy atom. The van der Waals surface area contributed by atoms with E-state index in [-0.39, 0.29) is 0 Å². The first-order valence-electron chi connectivity index (χ1n) is 7.10. The molecule has 0 bridgehead atoms. The summed E-state index contributed by atoms with van der Waals surface area (Å²) in [6, 6.07) is 8.62. The first-order valence-corrected chi connectivity index (χ1v) is 8.90. The average Bonchev–Trinajstić information content (AvgIpc) is 2.85. The number of pyridine rings is 1. The van der Waals surface area contributed by atoms with Crippen molar-refractivity contribution < 1.29 is 0 Å². The second-order valence-corrected chi connectivity index (χ2v) is 7.59. The molecule has 0 N–H and O–H groups in total. The summed E-state index contributed by atoms with van der Waals surface area (Å²) in [7, 11) is 0. The van der Waals surface area contributed by atoms with Crippen LogP contribution >= 0.6 is 23.1 Å². The van der Waals surface area contributed by atoms with E-state index in [4.69, 9.17) is 0 Å². The number of benzene rings is 1. The lowest BCUT2D eigenvalue weighted by atomic mass is 10.1. The topological polar surface area (TPSA) is 25.8 Å². The molecule has 0 radical (unpaired) electrons. The van der Waals surface area contributed by atoms with Crippen molar-refractivity contribution in [3.8, 4) is 0 Å². The van der Waals surface area contributed by atoms with E-state index in [0.29, 0.717) is 0 Å². The number of hydrogen-bond acceptors (Lipinski definition) is 4. The molecular weight excluding hydrogens is 296 g/mol. The molecule has 0 spiro atoms. The van der Waals surface area contributed by atoms with Gasteiger partial charge in [0.05, 0.1) is 11.2 Å². The SMILES string of the molecule is CCc1nc(SCc2cnc3ccc(C)cc3c2)sc1C. The van der Waals surface area contributed by atoms with E-state index in [9.17, 15) is 0 Å². The van der Waals surface area contributed by atoms with Gasteiger partial charge in [-0.05, 0) is 44.0 Å². The molecular formula is C17H18N2S2. The third-order valence-electron chi connectivity index (χ3n) is 3.46. The van der Waals surface area contributed by atoms with Gasteiger partial charge in [-0.2, -0.15) is 0 Å². The second-order valence-electron chi connectivity index (χ2n) is 5.16. The van der Waals surface area contributed by atoms with Crippen molar-refractivity contribution in [3.63, 3.8) is 0 Å². The lowest BCUT2D eigenvalue weighted by Crippen LogP contribution is -1.86. The van der Waals surface area contributed by atoms with Gasteiger partial charge in [0, 0.05) is 22.2 Å². The number of rotatable bonds is 4. The fourth-order valence-electron chi connectivity index (χ4n) is 2.31. The smallest absolute Gasteiger partial charge is 0.150 e. The van der Waals surface area contributed by atoms with Crippen LogP contribution in [0, 0.1) is 13.8 Å². The van der Waals surface area contributed by atoms with E-state index in [2.05, 4.69) is 55.0 Å². The van der Waals surface area contributed by atoms with Gasteiger partial charge in [-0.25, -0.2) is 4.98 Å². The number of hydrogen-bond donors (Lipinski definition) is 0. The lowest BCUT2D eigenvalue weighted by Gasteiger charge is -2.03. The number of aryl methyl sites for hydroxylation is 3. The Balaban J connectivity index is 1.78. The Bertz CT molecular complexity index is 778.